The van der Waals surface area contributed by atoms with Gasteiger partial charge in [0.1, 0.15) is 6.07 Å². The number of aromatic nitrogens is 2. The summed E-state index contributed by atoms with van der Waals surface area (Å²) in [6.07, 6.45) is 1.58. The van der Waals surface area contributed by atoms with Gasteiger partial charge in [-0.1, -0.05) is 25.4 Å². The maximum Gasteiger partial charge on any atom is 0.101 e. The molecule has 5 heteroatoms. The molecule has 0 bridgehead atoms. The number of benzene rings is 1. The van der Waals surface area contributed by atoms with Gasteiger partial charge < -0.3 is 5.73 Å². The van der Waals surface area contributed by atoms with E-state index in [1.807, 2.05) is 26.0 Å². The van der Waals surface area contributed by atoms with Crippen LogP contribution in [0.5, 0.6) is 0 Å². The molecule has 0 atom stereocenters. The molecule has 1 heterocycles. The predicted molar refractivity (Wildman–Crippen MR) is 76.5 cm³/mol. The molecular weight excluding hydrogens is 260 g/mol. The van der Waals surface area contributed by atoms with E-state index in [1.54, 1.807) is 16.8 Å². The van der Waals surface area contributed by atoms with Crippen LogP contribution >= 0.6 is 11.6 Å². The quantitative estimate of drug-likeness (QED) is 0.935. The van der Waals surface area contributed by atoms with Crippen molar-refractivity contribution in [2.75, 3.05) is 5.73 Å². The lowest BCUT2D eigenvalue weighted by atomic mass is 10.2. The highest BCUT2D eigenvalue weighted by atomic mass is 35.5. The maximum atomic E-state index is 8.89. The zero-order valence-corrected chi connectivity index (χ0v) is 11.7. The normalized spacial score (nSPS) is 10.4. The molecular formula is C14H15ClN4. The first kappa shape index (κ1) is 13.4. The highest BCUT2D eigenvalue weighted by Gasteiger charge is 2.14. The Morgan fingerprint density at radius 2 is 2.11 bits per heavy atom. The Kier molecular flexibility index (Phi) is 3.77. The standard InChI is InChI=1S/C14H15ClN4/c1-3-12-14(17)13(4-2)19(18-12)10-6-5-9(8-16)11(15)7-10/h5-7H,3-4,17H2,1-2H3. The van der Waals surface area contributed by atoms with E-state index in [1.165, 1.54) is 0 Å². The lowest BCUT2D eigenvalue weighted by Gasteiger charge is -2.07. The Morgan fingerprint density at radius 3 is 2.63 bits per heavy atom. The molecule has 1 aromatic heterocycles. The minimum absolute atomic E-state index is 0.425. The molecule has 0 spiro atoms. The third-order valence-corrected chi connectivity index (χ3v) is 3.40. The van der Waals surface area contributed by atoms with Crippen molar-refractivity contribution in [3.8, 4) is 11.8 Å². The molecule has 2 N–H and O–H groups in total. The minimum atomic E-state index is 0.425. The van der Waals surface area contributed by atoms with Crippen LogP contribution in [0.4, 0.5) is 5.69 Å². The van der Waals surface area contributed by atoms with Crippen molar-refractivity contribution in [2.45, 2.75) is 26.7 Å². The highest BCUT2D eigenvalue weighted by molar-refractivity contribution is 6.31. The van der Waals surface area contributed by atoms with E-state index in [0.717, 1.165) is 35.6 Å². The Balaban J connectivity index is 2.59. The smallest absolute Gasteiger partial charge is 0.101 e. The molecule has 0 amide bonds. The zero-order chi connectivity index (χ0) is 14.0. The van der Waals surface area contributed by atoms with Crippen LogP contribution in [0.25, 0.3) is 5.69 Å². The fraction of sp³-hybridized carbons (Fsp3) is 0.286. The number of rotatable bonds is 3. The average Bonchev–Trinajstić information content (AvgIpc) is 2.74. The first-order chi connectivity index (χ1) is 9.12. The number of nitrogens with two attached hydrogens (primary N) is 1. The van der Waals surface area contributed by atoms with Gasteiger partial charge >= 0.3 is 0 Å². The van der Waals surface area contributed by atoms with Crippen molar-refractivity contribution >= 4 is 17.3 Å². The number of aryl methyl sites for hydroxylation is 1. The van der Waals surface area contributed by atoms with Gasteiger partial charge in [0, 0.05) is 0 Å². The van der Waals surface area contributed by atoms with E-state index in [2.05, 4.69) is 5.10 Å². The average molecular weight is 275 g/mol. The van der Waals surface area contributed by atoms with E-state index in [4.69, 9.17) is 22.6 Å². The largest absolute Gasteiger partial charge is 0.396 e. The number of nitriles is 1. The van der Waals surface area contributed by atoms with E-state index in [9.17, 15) is 0 Å². The summed E-state index contributed by atoms with van der Waals surface area (Å²) in [5.41, 5.74) is 9.97. The third kappa shape index (κ3) is 2.29. The van der Waals surface area contributed by atoms with Gasteiger partial charge in [-0.2, -0.15) is 10.4 Å². The summed E-state index contributed by atoms with van der Waals surface area (Å²) in [5.74, 6) is 0. The summed E-state index contributed by atoms with van der Waals surface area (Å²) in [4.78, 5) is 0. The SMILES string of the molecule is CCc1nn(-c2ccc(C#N)c(Cl)c2)c(CC)c1N. The zero-order valence-electron chi connectivity index (χ0n) is 10.9. The second-order valence-electron chi connectivity index (χ2n) is 4.20. The molecule has 4 nitrogen and oxygen atoms in total. The van der Waals surface area contributed by atoms with E-state index < -0.39 is 0 Å². The van der Waals surface area contributed by atoms with Gasteiger partial charge in [0.15, 0.2) is 0 Å². The molecule has 0 aliphatic carbocycles. The number of hydrogen-bond acceptors (Lipinski definition) is 3. The topological polar surface area (TPSA) is 67.6 Å². The van der Waals surface area contributed by atoms with Crippen LogP contribution in [-0.2, 0) is 12.8 Å². The van der Waals surface area contributed by atoms with Crippen molar-refractivity contribution in [1.29, 1.82) is 5.26 Å². The number of nitrogen functional groups attached to an aromatic ring is 1. The summed E-state index contributed by atoms with van der Waals surface area (Å²) < 4.78 is 1.81. The van der Waals surface area contributed by atoms with Gasteiger partial charge in [-0.3, -0.25) is 0 Å². The third-order valence-electron chi connectivity index (χ3n) is 3.09. The van der Waals surface area contributed by atoms with Crippen LogP contribution in [0.15, 0.2) is 18.2 Å². The maximum absolute atomic E-state index is 8.89. The monoisotopic (exact) mass is 274 g/mol. The lowest BCUT2D eigenvalue weighted by Crippen LogP contribution is -2.03. The molecule has 1 aromatic carbocycles. The van der Waals surface area contributed by atoms with Crippen molar-refractivity contribution in [1.82, 2.24) is 9.78 Å². The van der Waals surface area contributed by atoms with Gasteiger partial charge in [-0.25, -0.2) is 4.68 Å². The van der Waals surface area contributed by atoms with E-state index in [0.29, 0.717) is 10.6 Å². The van der Waals surface area contributed by atoms with Gasteiger partial charge in [0.25, 0.3) is 0 Å². The molecule has 0 fully saturated rings. The molecule has 0 radical (unpaired) electrons. The summed E-state index contributed by atoms with van der Waals surface area (Å²) in [7, 11) is 0. The number of nitrogens with zero attached hydrogens (tertiary/aromatic N) is 3. The molecule has 0 aliphatic heterocycles. The van der Waals surface area contributed by atoms with E-state index >= 15 is 0 Å². The van der Waals surface area contributed by atoms with Crippen LogP contribution < -0.4 is 5.73 Å². The van der Waals surface area contributed by atoms with E-state index in [-0.39, 0.29) is 0 Å². The van der Waals surface area contributed by atoms with Gasteiger partial charge in [-0.05, 0) is 31.0 Å². The van der Waals surface area contributed by atoms with Crippen molar-refractivity contribution in [2.24, 2.45) is 0 Å². The van der Waals surface area contributed by atoms with Crippen LogP contribution in [0.3, 0.4) is 0 Å². The number of halogens is 1. The van der Waals surface area contributed by atoms with Crippen LogP contribution in [0.1, 0.15) is 30.8 Å². The summed E-state index contributed by atoms with van der Waals surface area (Å²) in [6, 6.07) is 7.31. The Bertz CT molecular complexity index is 652. The molecule has 2 aromatic rings. The lowest BCUT2D eigenvalue weighted by molar-refractivity contribution is 0.794. The van der Waals surface area contributed by atoms with Crippen LogP contribution in [0.2, 0.25) is 5.02 Å². The molecule has 0 saturated heterocycles. The summed E-state index contributed by atoms with van der Waals surface area (Å²) in [6.45, 7) is 4.06. The van der Waals surface area contributed by atoms with Crippen molar-refractivity contribution in [3.63, 3.8) is 0 Å². The summed E-state index contributed by atoms with van der Waals surface area (Å²) in [5, 5.41) is 13.8. The van der Waals surface area contributed by atoms with Crippen LogP contribution in [0, 0.1) is 11.3 Å². The Labute approximate surface area is 117 Å². The second-order valence-corrected chi connectivity index (χ2v) is 4.61. The van der Waals surface area contributed by atoms with Crippen molar-refractivity contribution in [3.05, 3.63) is 40.2 Å². The second kappa shape index (κ2) is 5.33. The fourth-order valence-corrected chi connectivity index (χ4v) is 2.27. The predicted octanol–water partition coefficient (Wildman–Crippen LogP) is 3.10. The fourth-order valence-electron chi connectivity index (χ4n) is 2.06. The Morgan fingerprint density at radius 1 is 1.37 bits per heavy atom. The molecule has 2 rings (SSSR count). The molecule has 19 heavy (non-hydrogen) atoms. The first-order valence-electron chi connectivity index (χ1n) is 6.18. The van der Waals surface area contributed by atoms with Crippen molar-refractivity contribution < 1.29 is 0 Å². The highest BCUT2D eigenvalue weighted by Crippen LogP contribution is 2.25. The number of hydrogen-bond donors (Lipinski definition) is 1. The molecule has 0 unspecified atom stereocenters. The Hall–Kier alpha value is -1.99. The first-order valence-corrected chi connectivity index (χ1v) is 6.56. The summed E-state index contributed by atoms with van der Waals surface area (Å²) >= 11 is 6.06. The number of anilines is 1. The van der Waals surface area contributed by atoms with Gasteiger partial charge in [-0.15, -0.1) is 0 Å². The molecule has 0 aliphatic rings. The van der Waals surface area contributed by atoms with Gasteiger partial charge in [0.2, 0.25) is 0 Å². The molecule has 98 valence electrons. The van der Waals surface area contributed by atoms with Gasteiger partial charge in [0.05, 0.1) is 33.3 Å². The molecule has 0 saturated carbocycles. The van der Waals surface area contributed by atoms with Crippen LogP contribution in [-0.4, -0.2) is 9.78 Å². The minimum Gasteiger partial charge on any atom is -0.396 e.